The molecule has 2 N–H and O–H groups in total. The lowest BCUT2D eigenvalue weighted by atomic mass is 10.4. The second-order valence-corrected chi connectivity index (χ2v) is 4.33. The van der Waals surface area contributed by atoms with Crippen molar-refractivity contribution in [1.82, 2.24) is 24.1 Å². The van der Waals surface area contributed by atoms with E-state index in [1.807, 2.05) is 16.8 Å². The minimum atomic E-state index is 0.601. The van der Waals surface area contributed by atoms with Crippen molar-refractivity contribution in [3.8, 4) is 11.5 Å². The topological polar surface area (TPSA) is 74.5 Å². The van der Waals surface area contributed by atoms with E-state index in [1.165, 1.54) is 0 Å². The van der Waals surface area contributed by atoms with Crippen molar-refractivity contribution < 1.29 is 0 Å². The molecule has 0 amide bonds. The molecule has 0 fully saturated rings. The first-order valence-electron chi connectivity index (χ1n) is 6.36. The molecule has 0 atom stereocenters. The normalized spacial score (nSPS) is 11.3. The van der Waals surface area contributed by atoms with Gasteiger partial charge < -0.3 is 14.9 Å². The predicted octanol–water partition coefficient (Wildman–Crippen LogP) is 1.27. The van der Waals surface area contributed by atoms with Gasteiger partial charge in [0.1, 0.15) is 11.2 Å². The SMILES string of the molecule is CCn1c(-c2cn(CCN)cn2)nc2cnccc21. The molecular formula is C13H16N6. The number of aryl methyl sites for hydroxylation is 1. The summed E-state index contributed by atoms with van der Waals surface area (Å²) in [5.74, 6) is 0.876. The molecule has 6 heteroatoms. The van der Waals surface area contributed by atoms with Gasteiger partial charge in [-0.2, -0.15) is 0 Å². The fourth-order valence-electron chi connectivity index (χ4n) is 2.24. The number of rotatable bonds is 4. The standard InChI is InChI=1S/C13H16N6/c1-2-19-12-3-5-15-7-10(12)17-13(19)11-8-18(6-4-14)9-16-11/h3,5,7-9H,2,4,6,14H2,1H3. The zero-order valence-corrected chi connectivity index (χ0v) is 10.8. The predicted molar refractivity (Wildman–Crippen MR) is 73.5 cm³/mol. The molecule has 19 heavy (non-hydrogen) atoms. The van der Waals surface area contributed by atoms with Gasteiger partial charge in [-0.25, -0.2) is 9.97 Å². The number of pyridine rings is 1. The van der Waals surface area contributed by atoms with Gasteiger partial charge in [0.15, 0.2) is 5.82 Å². The smallest absolute Gasteiger partial charge is 0.161 e. The summed E-state index contributed by atoms with van der Waals surface area (Å²) >= 11 is 0. The maximum atomic E-state index is 5.55. The quantitative estimate of drug-likeness (QED) is 0.763. The van der Waals surface area contributed by atoms with Gasteiger partial charge in [0.2, 0.25) is 0 Å². The van der Waals surface area contributed by atoms with Crippen molar-refractivity contribution in [2.75, 3.05) is 6.54 Å². The number of aromatic nitrogens is 5. The Bertz CT molecular complexity index is 696. The highest BCUT2D eigenvalue weighted by Crippen LogP contribution is 2.22. The fourth-order valence-corrected chi connectivity index (χ4v) is 2.24. The minimum absolute atomic E-state index is 0.601. The van der Waals surface area contributed by atoms with Crippen LogP contribution in [-0.4, -0.2) is 30.6 Å². The molecule has 0 bridgehead atoms. The second kappa shape index (κ2) is 4.81. The molecule has 0 saturated heterocycles. The Morgan fingerprint density at radius 3 is 3.05 bits per heavy atom. The summed E-state index contributed by atoms with van der Waals surface area (Å²) in [4.78, 5) is 13.1. The average molecular weight is 256 g/mol. The van der Waals surface area contributed by atoms with Crippen molar-refractivity contribution >= 4 is 11.0 Å². The van der Waals surface area contributed by atoms with Crippen LogP contribution in [0.15, 0.2) is 31.0 Å². The van der Waals surface area contributed by atoms with E-state index in [-0.39, 0.29) is 0 Å². The molecule has 0 aliphatic rings. The maximum absolute atomic E-state index is 5.55. The second-order valence-electron chi connectivity index (χ2n) is 4.33. The third kappa shape index (κ3) is 2.00. The van der Waals surface area contributed by atoms with Crippen LogP contribution in [-0.2, 0) is 13.1 Å². The Morgan fingerprint density at radius 1 is 1.37 bits per heavy atom. The van der Waals surface area contributed by atoms with Gasteiger partial charge in [-0.1, -0.05) is 0 Å². The molecule has 0 radical (unpaired) electrons. The van der Waals surface area contributed by atoms with Gasteiger partial charge in [0, 0.05) is 32.0 Å². The Hall–Kier alpha value is -2.21. The molecule has 0 aliphatic carbocycles. The highest BCUT2D eigenvalue weighted by Gasteiger charge is 2.13. The Morgan fingerprint density at radius 2 is 2.26 bits per heavy atom. The molecule has 0 aromatic carbocycles. The Kier molecular flexibility index (Phi) is 3.00. The molecule has 0 saturated carbocycles. The van der Waals surface area contributed by atoms with Gasteiger partial charge in [0.25, 0.3) is 0 Å². The average Bonchev–Trinajstić information content (AvgIpc) is 3.02. The molecular weight excluding hydrogens is 240 g/mol. The van der Waals surface area contributed by atoms with Crippen molar-refractivity contribution in [2.45, 2.75) is 20.0 Å². The minimum Gasteiger partial charge on any atom is -0.335 e. The van der Waals surface area contributed by atoms with E-state index in [9.17, 15) is 0 Å². The van der Waals surface area contributed by atoms with Crippen LogP contribution in [0.5, 0.6) is 0 Å². The van der Waals surface area contributed by atoms with Crippen LogP contribution in [0.2, 0.25) is 0 Å². The summed E-state index contributed by atoms with van der Waals surface area (Å²) in [5.41, 5.74) is 8.40. The molecule has 3 aromatic heterocycles. The number of imidazole rings is 2. The van der Waals surface area contributed by atoms with E-state index in [2.05, 4.69) is 26.4 Å². The Balaban J connectivity index is 2.12. The third-order valence-corrected chi connectivity index (χ3v) is 3.12. The van der Waals surface area contributed by atoms with E-state index in [0.29, 0.717) is 6.54 Å². The summed E-state index contributed by atoms with van der Waals surface area (Å²) in [6.07, 6.45) is 7.34. The van der Waals surface area contributed by atoms with E-state index >= 15 is 0 Å². The van der Waals surface area contributed by atoms with Crippen LogP contribution >= 0.6 is 0 Å². The Labute approximate surface area is 110 Å². The molecule has 98 valence electrons. The fraction of sp³-hybridized carbons (Fsp3) is 0.308. The van der Waals surface area contributed by atoms with Crippen molar-refractivity contribution in [1.29, 1.82) is 0 Å². The van der Waals surface area contributed by atoms with E-state index in [0.717, 1.165) is 35.6 Å². The summed E-state index contributed by atoms with van der Waals surface area (Å²) in [6, 6.07) is 1.98. The molecule has 3 rings (SSSR count). The number of fused-ring (bicyclic) bond motifs is 1. The lowest BCUT2D eigenvalue weighted by molar-refractivity contribution is 0.707. The highest BCUT2D eigenvalue weighted by molar-refractivity contribution is 5.78. The molecule has 3 aromatic rings. The zero-order valence-electron chi connectivity index (χ0n) is 10.8. The highest BCUT2D eigenvalue weighted by atomic mass is 15.1. The summed E-state index contributed by atoms with van der Waals surface area (Å²) in [7, 11) is 0. The van der Waals surface area contributed by atoms with Crippen LogP contribution in [0.1, 0.15) is 6.92 Å². The van der Waals surface area contributed by atoms with Gasteiger partial charge in [-0.3, -0.25) is 4.98 Å². The lowest BCUT2D eigenvalue weighted by Crippen LogP contribution is -2.07. The summed E-state index contributed by atoms with van der Waals surface area (Å²) < 4.78 is 4.12. The number of nitrogens with two attached hydrogens (primary N) is 1. The monoisotopic (exact) mass is 256 g/mol. The molecule has 6 nitrogen and oxygen atoms in total. The van der Waals surface area contributed by atoms with Crippen molar-refractivity contribution in [3.05, 3.63) is 31.0 Å². The molecule has 3 heterocycles. The van der Waals surface area contributed by atoms with E-state index in [4.69, 9.17) is 5.73 Å². The van der Waals surface area contributed by atoms with Crippen LogP contribution in [0.3, 0.4) is 0 Å². The number of nitrogens with zero attached hydrogens (tertiary/aromatic N) is 5. The van der Waals surface area contributed by atoms with Gasteiger partial charge in [-0.15, -0.1) is 0 Å². The first kappa shape index (κ1) is 11.9. The van der Waals surface area contributed by atoms with Crippen molar-refractivity contribution in [3.63, 3.8) is 0 Å². The van der Waals surface area contributed by atoms with E-state index in [1.54, 1.807) is 18.7 Å². The number of hydrogen-bond donors (Lipinski definition) is 1. The van der Waals surface area contributed by atoms with Gasteiger partial charge >= 0.3 is 0 Å². The third-order valence-electron chi connectivity index (χ3n) is 3.12. The largest absolute Gasteiger partial charge is 0.335 e. The van der Waals surface area contributed by atoms with E-state index < -0.39 is 0 Å². The molecule has 0 unspecified atom stereocenters. The van der Waals surface area contributed by atoms with Crippen LogP contribution in [0.25, 0.3) is 22.6 Å². The van der Waals surface area contributed by atoms with Gasteiger partial charge in [0.05, 0.1) is 18.0 Å². The molecule has 0 aliphatic heterocycles. The first-order valence-corrected chi connectivity index (χ1v) is 6.36. The molecule has 0 spiro atoms. The maximum Gasteiger partial charge on any atom is 0.161 e. The number of hydrogen-bond acceptors (Lipinski definition) is 4. The van der Waals surface area contributed by atoms with Crippen LogP contribution < -0.4 is 5.73 Å². The lowest BCUT2D eigenvalue weighted by Gasteiger charge is -2.03. The van der Waals surface area contributed by atoms with Crippen LogP contribution in [0.4, 0.5) is 0 Å². The zero-order chi connectivity index (χ0) is 13.2. The summed E-state index contributed by atoms with van der Waals surface area (Å²) in [6.45, 7) is 4.31. The van der Waals surface area contributed by atoms with Gasteiger partial charge in [-0.05, 0) is 13.0 Å². The summed E-state index contributed by atoms with van der Waals surface area (Å²) in [5, 5.41) is 0. The first-order chi connectivity index (χ1) is 9.33. The van der Waals surface area contributed by atoms with Crippen LogP contribution in [0, 0.1) is 0 Å². The van der Waals surface area contributed by atoms with Crippen molar-refractivity contribution in [2.24, 2.45) is 5.73 Å².